The molecule has 0 bridgehead atoms. The lowest BCUT2D eigenvalue weighted by molar-refractivity contribution is -0.116. The van der Waals surface area contributed by atoms with Crippen molar-refractivity contribution in [1.82, 2.24) is 14.8 Å². The Balaban J connectivity index is 1.61. The van der Waals surface area contributed by atoms with E-state index < -0.39 is 0 Å². The lowest BCUT2D eigenvalue weighted by atomic mass is 9.77. The van der Waals surface area contributed by atoms with Crippen LogP contribution < -0.4 is 5.32 Å². The van der Waals surface area contributed by atoms with E-state index in [0.717, 1.165) is 23.3 Å². The Bertz CT molecular complexity index is 1100. The second-order valence-electron chi connectivity index (χ2n) is 7.38. The maximum absolute atomic E-state index is 13.3. The molecule has 0 saturated heterocycles. The number of nitrogens with one attached hydrogen (secondary N) is 1. The van der Waals surface area contributed by atoms with Crippen LogP contribution in [0.4, 0.5) is 5.95 Å². The fraction of sp³-hybridized carbons (Fsp3) is 0.227. The SMILES string of the molecule is Cc1ccccc1[C@H]1CC(=O)C2=C(C1)Nc1ncnn1[C@@H]2c1ccc(Cl)cc1. The smallest absolute Gasteiger partial charge is 0.226 e. The molecule has 0 amide bonds. The molecule has 0 saturated carbocycles. The zero-order valence-corrected chi connectivity index (χ0v) is 16.1. The minimum Gasteiger partial charge on any atom is -0.328 e. The topological polar surface area (TPSA) is 59.8 Å². The fourth-order valence-electron chi connectivity index (χ4n) is 4.37. The van der Waals surface area contributed by atoms with E-state index in [1.807, 2.05) is 36.4 Å². The predicted molar refractivity (Wildman–Crippen MR) is 108 cm³/mol. The van der Waals surface area contributed by atoms with Crippen LogP contribution in [0.3, 0.4) is 0 Å². The van der Waals surface area contributed by atoms with E-state index >= 15 is 0 Å². The largest absolute Gasteiger partial charge is 0.328 e. The number of nitrogens with zero attached hydrogens (tertiary/aromatic N) is 3. The molecule has 140 valence electrons. The van der Waals surface area contributed by atoms with Crippen molar-refractivity contribution in [2.45, 2.75) is 31.7 Å². The van der Waals surface area contributed by atoms with Crippen LogP contribution in [0.15, 0.2) is 66.1 Å². The van der Waals surface area contributed by atoms with Gasteiger partial charge in [-0.05, 0) is 48.1 Å². The summed E-state index contributed by atoms with van der Waals surface area (Å²) in [4.78, 5) is 17.7. The van der Waals surface area contributed by atoms with E-state index in [2.05, 4.69) is 34.5 Å². The summed E-state index contributed by atoms with van der Waals surface area (Å²) in [5, 5.41) is 8.41. The third-order valence-electron chi connectivity index (χ3n) is 5.68. The maximum Gasteiger partial charge on any atom is 0.226 e. The first kappa shape index (κ1) is 17.2. The first-order valence-electron chi connectivity index (χ1n) is 9.35. The molecule has 1 aromatic heterocycles. The zero-order chi connectivity index (χ0) is 19.3. The second kappa shape index (κ2) is 6.60. The van der Waals surface area contributed by atoms with E-state index in [1.165, 1.54) is 17.5 Å². The fourth-order valence-corrected chi connectivity index (χ4v) is 4.50. The number of ketones is 1. The van der Waals surface area contributed by atoms with Gasteiger partial charge in [0.15, 0.2) is 5.78 Å². The summed E-state index contributed by atoms with van der Waals surface area (Å²) in [5.74, 6) is 0.986. The highest BCUT2D eigenvalue weighted by molar-refractivity contribution is 6.30. The van der Waals surface area contributed by atoms with Gasteiger partial charge in [0, 0.05) is 22.7 Å². The number of fused-ring (bicyclic) bond motifs is 1. The van der Waals surface area contributed by atoms with Crippen LogP contribution in [0.5, 0.6) is 0 Å². The third-order valence-corrected chi connectivity index (χ3v) is 5.93. The van der Waals surface area contributed by atoms with Gasteiger partial charge in [0.2, 0.25) is 5.95 Å². The van der Waals surface area contributed by atoms with E-state index in [0.29, 0.717) is 17.4 Å². The Morgan fingerprint density at radius 3 is 2.68 bits per heavy atom. The summed E-state index contributed by atoms with van der Waals surface area (Å²) in [6, 6.07) is 15.6. The number of carbonyl (C=O) groups is 1. The van der Waals surface area contributed by atoms with Crippen molar-refractivity contribution in [3.05, 3.63) is 87.8 Å². The first-order valence-corrected chi connectivity index (χ1v) is 9.73. The van der Waals surface area contributed by atoms with Gasteiger partial charge >= 0.3 is 0 Å². The highest BCUT2D eigenvalue weighted by atomic mass is 35.5. The Labute approximate surface area is 168 Å². The molecule has 2 aromatic carbocycles. The summed E-state index contributed by atoms with van der Waals surface area (Å²) in [7, 11) is 0. The standard InChI is InChI=1S/C22H19ClN4O/c1-13-4-2-3-5-17(13)15-10-18-20(19(28)11-15)21(14-6-8-16(23)9-7-14)27-22(26-18)24-12-25-27/h2-9,12,15,21H,10-11H2,1H3,(H,24,25,26)/t15-,21-/m1/s1. The van der Waals surface area contributed by atoms with Gasteiger partial charge < -0.3 is 5.32 Å². The molecule has 2 aliphatic rings. The number of aromatic nitrogens is 3. The van der Waals surface area contributed by atoms with Gasteiger partial charge in [0.1, 0.15) is 12.4 Å². The molecule has 5 nitrogen and oxygen atoms in total. The van der Waals surface area contributed by atoms with Gasteiger partial charge in [-0.1, -0.05) is 48.0 Å². The van der Waals surface area contributed by atoms with Crippen LogP contribution in [-0.4, -0.2) is 20.5 Å². The van der Waals surface area contributed by atoms with Crippen molar-refractivity contribution < 1.29 is 4.79 Å². The van der Waals surface area contributed by atoms with Crippen molar-refractivity contribution in [3.63, 3.8) is 0 Å². The quantitative estimate of drug-likeness (QED) is 0.691. The normalized spacial score (nSPS) is 21.1. The molecular formula is C22H19ClN4O. The molecule has 28 heavy (non-hydrogen) atoms. The van der Waals surface area contributed by atoms with Crippen LogP contribution in [0.1, 0.15) is 41.5 Å². The van der Waals surface area contributed by atoms with Crippen molar-refractivity contribution in [3.8, 4) is 0 Å². The molecule has 0 spiro atoms. The minimum absolute atomic E-state index is 0.156. The second-order valence-corrected chi connectivity index (χ2v) is 7.82. The predicted octanol–water partition coefficient (Wildman–Crippen LogP) is 4.66. The Morgan fingerprint density at radius 2 is 1.89 bits per heavy atom. The Kier molecular flexibility index (Phi) is 4.05. The molecule has 0 unspecified atom stereocenters. The lowest BCUT2D eigenvalue weighted by Gasteiger charge is -2.35. The molecule has 6 heteroatoms. The van der Waals surface area contributed by atoms with Crippen molar-refractivity contribution in [2.75, 3.05) is 5.32 Å². The number of Topliss-reactive ketones (excluding diaryl/α,β-unsaturated/α-hetero) is 1. The number of allylic oxidation sites excluding steroid dienone is 2. The van der Waals surface area contributed by atoms with E-state index in [9.17, 15) is 4.79 Å². The van der Waals surface area contributed by atoms with Gasteiger partial charge in [0.05, 0.1) is 0 Å². The molecule has 5 rings (SSSR count). The summed E-state index contributed by atoms with van der Waals surface area (Å²) in [6.45, 7) is 2.10. The van der Waals surface area contributed by atoms with Crippen LogP contribution in [-0.2, 0) is 4.79 Å². The number of anilines is 1. The summed E-state index contributed by atoms with van der Waals surface area (Å²) in [6.07, 6.45) is 2.80. The lowest BCUT2D eigenvalue weighted by Crippen LogP contribution is -2.33. The maximum atomic E-state index is 13.3. The molecule has 1 aliphatic carbocycles. The number of aryl methyl sites for hydroxylation is 1. The van der Waals surface area contributed by atoms with Gasteiger partial charge in [-0.2, -0.15) is 10.1 Å². The van der Waals surface area contributed by atoms with Crippen molar-refractivity contribution in [1.29, 1.82) is 0 Å². The van der Waals surface area contributed by atoms with Crippen molar-refractivity contribution >= 4 is 23.3 Å². The number of carbonyl (C=O) groups excluding carboxylic acids is 1. The molecule has 1 aliphatic heterocycles. The molecule has 2 atom stereocenters. The minimum atomic E-state index is -0.281. The van der Waals surface area contributed by atoms with Crippen LogP contribution >= 0.6 is 11.6 Å². The molecule has 0 fully saturated rings. The number of benzene rings is 2. The van der Waals surface area contributed by atoms with E-state index in [4.69, 9.17) is 11.6 Å². The van der Waals surface area contributed by atoms with Gasteiger partial charge in [0.25, 0.3) is 0 Å². The molecule has 3 aromatic rings. The van der Waals surface area contributed by atoms with Gasteiger partial charge in [-0.15, -0.1) is 0 Å². The molecule has 0 radical (unpaired) electrons. The first-order chi connectivity index (χ1) is 13.6. The third kappa shape index (κ3) is 2.74. The summed E-state index contributed by atoms with van der Waals surface area (Å²) >= 11 is 6.07. The Hall–Kier alpha value is -2.92. The highest BCUT2D eigenvalue weighted by Crippen LogP contribution is 2.44. The van der Waals surface area contributed by atoms with Crippen LogP contribution in [0, 0.1) is 6.92 Å². The zero-order valence-electron chi connectivity index (χ0n) is 15.4. The average Bonchev–Trinajstić information content (AvgIpc) is 3.15. The highest BCUT2D eigenvalue weighted by Gasteiger charge is 2.39. The summed E-state index contributed by atoms with van der Waals surface area (Å²) < 4.78 is 1.79. The van der Waals surface area contributed by atoms with Crippen LogP contribution in [0.2, 0.25) is 5.02 Å². The van der Waals surface area contributed by atoms with Crippen LogP contribution in [0.25, 0.3) is 0 Å². The molecule has 2 heterocycles. The number of halogens is 1. The van der Waals surface area contributed by atoms with E-state index in [1.54, 1.807) is 4.68 Å². The average molecular weight is 391 g/mol. The number of rotatable bonds is 2. The molecule has 1 N–H and O–H groups in total. The van der Waals surface area contributed by atoms with Gasteiger partial charge in [-0.25, -0.2) is 4.68 Å². The monoisotopic (exact) mass is 390 g/mol. The van der Waals surface area contributed by atoms with E-state index in [-0.39, 0.29) is 17.7 Å². The summed E-state index contributed by atoms with van der Waals surface area (Å²) in [5.41, 5.74) is 5.17. The Morgan fingerprint density at radius 1 is 1.11 bits per heavy atom. The van der Waals surface area contributed by atoms with Crippen molar-refractivity contribution in [2.24, 2.45) is 0 Å². The number of hydrogen-bond donors (Lipinski definition) is 1. The molecular weight excluding hydrogens is 372 g/mol. The number of hydrogen-bond acceptors (Lipinski definition) is 4. The van der Waals surface area contributed by atoms with Gasteiger partial charge in [-0.3, -0.25) is 4.79 Å².